The number of amides is 1. The summed E-state index contributed by atoms with van der Waals surface area (Å²) < 4.78 is 93.3. The summed E-state index contributed by atoms with van der Waals surface area (Å²) in [5.74, 6) is -9.73. The van der Waals surface area contributed by atoms with Gasteiger partial charge in [-0.25, -0.2) is 30.4 Å². The molecule has 5 nitrogen and oxygen atoms in total. The van der Waals surface area contributed by atoms with Crippen molar-refractivity contribution in [1.82, 2.24) is 9.21 Å². The lowest BCUT2D eigenvalue weighted by Gasteiger charge is -2.34. The quantitative estimate of drug-likeness (QED) is 0.436. The number of benzene rings is 2. The van der Waals surface area contributed by atoms with E-state index >= 15 is 0 Å². The van der Waals surface area contributed by atoms with E-state index in [1.165, 1.54) is 12.1 Å². The first-order valence-electron chi connectivity index (χ1n) is 8.01. The summed E-state index contributed by atoms with van der Waals surface area (Å²) in [6, 6.07) is 5.03. The molecule has 1 amide bonds. The molecule has 0 bridgehead atoms. The molecule has 1 aliphatic heterocycles. The van der Waals surface area contributed by atoms with Crippen molar-refractivity contribution in [2.75, 3.05) is 26.2 Å². The molecule has 11 heteroatoms. The summed E-state index contributed by atoms with van der Waals surface area (Å²) in [4.78, 5) is 12.8. The van der Waals surface area contributed by atoms with E-state index in [1.54, 1.807) is 0 Å². The minimum Gasteiger partial charge on any atom is -0.336 e. The fraction of sp³-hybridized carbons (Fsp3) is 0.235. The van der Waals surface area contributed by atoms with Gasteiger partial charge in [0.1, 0.15) is 10.7 Å². The number of hydrogen-bond donors (Lipinski definition) is 0. The van der Waals surface area contributed by atoms with Crippen molar-refractivity contribution in [1.29, 1.82) is 0 Å². The Morgan fingerprint density at radius 3 is 2.04 bits per heavy atom. The summed E-state index contributed by atoms with van der Waals surface area (Å²) in [6.07, 6.45) is 0. The van der Waals surface area contributed by atoms with Gasteiger partial charge in [-0.05, 0) is 18.2 Å². The summed E-state index contributed by atoms with van der Waals surface area (Å²) in [6.45, 7) is -0.939. The number of hydrogen-bond acceptors (Lipinski definition) is 3. The highest BCUT2D eigenvalue weighted by Gasteiger charge is 2.33. The molecule has 0 aromatic heterocycles. The lowest BCUT2D eigenvalue weighted by molar-refractivity contribution is 0.0690. The van der Waals surface area contributed by atoms with Crippen LogP contribution in [0.3, 0.4) is 0 Å². The number of sulfonamides is 1. The van der Waals surface area contributed by atoms with E-state index in [-0.39, 0.29) is 32.2 Å². The molecular weight excluding hydrogens is 407 g/mol. The highest BCUT2D eigenvalue weighted by atomic mass is 32.2. The van der Waals surface area contributed by atoms with Gasteiger partial charge in [0.05, 0.1) is 5.56 Å². The standard InChI is InChI=1S/C17H13F5N2O3S/c18-11-3-1-2-4-13(11)28(26,27)24-7-5-23(6-8-24)17(25)10-9-12(19)15(21)16(22)14(10)20/h1-4,9H,5-8H2. The molecule has 1 fully saturated rings. The Balaban J connectivity index is 1.78. The Labute approximate surface area is 157 Å². The Bertz CT molecular complexity index is 1040. The number of rotatable bonds is 3. The van der Waals surface area contributed by atoms with Gasteiger partial charge < -0.3 is 4.90 Å². The Hall–Kier alpha value is -2.53. The average molecular weight is 420 g/mol. The van der Waals surface area contributed by atoms with Gasteiger partial charge in [-0.3, -0.25) is 4.79 Å². The second-order valence-corrected chi connectivity index (χ2v) is 7.88. The zero-order valence-electron chi connectivity index (χ0n) is 14.1. The van der Waals surface area contributed by atoms with E-state index in [0.717, 1.165) is 21.3 Å². The van der Waals surface area contributed by atoms with Gasteiger partial charge >= 0.3 is 0 Å². The van der Waals surface area contributed by atoms with Crippen molar-refractivity contribution in [3.63, 3.8) is 0 Å². The normalized spacial score (nSPS) is 15.7. The molecule has 150 valence electrons. The van der Waals surface area contributed by atoms with Crippen LogP contribution in [-0.2, 0) is 10.0 Å². The molecule has 0 N–H and O–H groups in total. The van der Waals surface area contributed by atoms with Gasteiger partial charge in [-0.15, -0.1) is 0 Å². The Morgan fingerprint density at radius 1 is 0.821 bits per heavy atom. The van der Waals surface area contributed by atoms with Crippen LogP contribution in [0.2, 0.25) is 0 Å². The van der Waals surface area contributed by atoms with Crippen LogP contribution in [0, 0.1) is 29.1 Å². The zero-order valence-corrected chi connectivity index (χ0v) is 14.9. The molecular formula is C17H13F5N2O3S. The molecule has 0 radical (unpaired) electrons. The van der Waals surface area contributed by atoms with Crippen LogP contribution in [0.4, 0.5) is 22.0 Å². The summed E-state index contributed by atoms with van der Waals surface area (Å²) in [5.41, 5.74) is -0.998. The van der Waals surface area contributed by atoms with Gasteiger partial charge in [-0.1, -0.05) is 12.1 Å². The molecule has 3 rings (SSSR count). The number of carbonyl (C=O) groups excluding carboxylic acids is 1. The van der Waals surface area contributed by atoms with Crippen LogP contribution in [0.5, 0.6) is 0 Å². The molecule has 2 aromatic carbocycles. The summed E-state index contributed by atoms with van der Waals surface area (Å²) in [7, 11) is -4.16. The van der Waals surface area contributed by atoms with Gasteiger partial charge in [0, 0.05) is 26.2 Å². The van der Waals surface area contributed by atoms with Crippen LogP contribution in [-0.4, -0.2) is 49.7 Å². The van der Waals surface area contributed by atoms with Gasteiger partial charge in [0.15, 0.2) is 23.3 Å². The number of piperazine rings is 1. The zero-order chi connectivity index (χ0) is 20.6. The topological polar surface area (TPSA) is 57.7 Å². The maximum absolute atomic E-state index is 13.8. The van der Waals surface area contributed by atoms with Crippen LogP contribution in [0.25, 0.3) is 0 Å². The van der Waals surface area contributed by atoms with E-state index in [9.17, 15) is 35.2 Å². The maximum Gasteiger partial charge on any atom is 0.257 e. The maximum atomic E-state index is 13.8. The minimum absolute atomic E-state index is 0.230. The first kappa shape index (κ1) is 20.2. The number of nitrogens with zero attached hydrogens (tertiary/aromatic N) is 2. The van der Waals surface area contributed by atoms with Crippen molar-refractivity contribution in [2.45, 2.75) is 4.90 Å². The largest absolute Gasteiger partial charge is 0.336 e. The third kappa shape index (κ3) is 3.47. The second-order valence-electron chi connectivity index (χ2n) is 5.97. The third-order valence-corrected chi connectivity index (χ3v) is 6.25. The molecule has 0 unspecified atom stereocenters. The van der Waals surface area contributed by atoms with Crippen LogP contribution >= 0.6 is 0 Å². The monoisotopic (exact) mass is 420 g/mol. The van der Waals surface area contributed by atoms with Crippen molar-refractivity contribution < 1.29 is 35.2 Å². The highest BCUT2D eigenvalue weighted by Crippen LogP contribution is 2.23. The predicted octanol–water partition coefficient (Wildman–Crippen LogP) is 2.53. The SMILES string of the molecule is O=C(c1cc(F)c(F)c(F)c1F)N1CCN(S(=O)(=O)c2ccccc2F)CC1. The average Bonchev–Trinajstić information content (AvgIpc) is 2.69. The van der Waals surface area contributed by atoms with Crippen LogP contribution in [0.15, 0.2) is 35.2 Å². The molecule has 1 saturated heterocycles. The second kappa shape index (κ2) is 7.47. The molecule has 0 aliphatic carbocycles. The van der Waals surface area contributed by atoms with Gasteiger partial charge in [0.2, 0.25) is 10.0 Å². The smallest absolute Gasteiger partial charge is 0.257 e. The van der Waals surface area contributed by atoms with Crippen LogP contribution in [0.1, 0.15) is 10.4 Å². The molecule has 28 heavy (non-hydrogen) atoms. The molecule has 2 aromatic rings. The van der Waals surface area contributed by atoms with E-state index in [1.807, 2.05) is 0 Å². The molecule has 0 spiro atoms. The lowest BCUT2D eigenvalue weighted by Crippen LogP contribution is -2.50. The lowest BCUT2D eigenvalue weighted by atomic mass is 10.1. The number of halogens is 5. The summed E-state index contributed by atoms with van der Waals surface area (Å²) in [5, 5.41) is 0. The third-order valence-electron chi connectivity index (χ3n) is 4.31. The first-order chi connectivity index (χ1) is 13.1. The molecule has 0 saturated carbocycles. The first-order valence-corrected chi connectivity index (χ1v) is 9.45. The van der Waals surface area contributed by atoms with Crippen molar-refractivity contribution in [2.24, 2.45) is 0 Å². The highest BCUT2D eigenvalue weighted by molar-refractivity contribution is 7.89. The van der Waals surface area contributed by atoms with E-state index in [0.29, 0.717) is 0 Å². The minimum atomic E-state index is -4.16. The van der Waals surface area contributed by atoms with Crippen LogP contribution < -0.4 is 0 Å². The fourth-order valence-electron chi connectivity index (χ4n) is 2.82. The van der Waals surface area contributed by atoms with Crippen molar-refractivity contribution in [3.05, 3.63) is 65.0 Å². The summed E-state index contributed by atoms with van der Waals surface area (Å²) >= 11 is 0. The van der Waals surface area contributed by atoms with E-state index in [4.69, 9.17) is 0 Å². The van der Waals surface area contributed by atoms with Crippen molar-refractivity contribution in [3.8, 4) is 0 Å². The van der Waals surface area contributed by atoms with Crippen molar-refractivity contribution >= 4 is 15.9 Å². The predicted molar refractivity (Wildman–Crippen MR) is 87.3 cm³/mol. The van der Waals surface area contributed by atoms with E-state index in [2.05, 4.69) is 0 Å². The molecule has 1 heterocycles. The fourth-order valence-corrected chi connectivity index (χ4v) is 4.31. The molecule has 0 atom stereocenters. The Kier molecular flexibility index (Phi) is 5.39. The van der Waals surface area contributed by atoms with Gasteiger partial charge in [-0.2, -0.15) is 4.31 Å². The number of carbonyl (C=O) groups is 1. The van der Waals surface area contributed by atoms with E-state index < -0.39 is 55.5 Å². The Morgan fingerprint density at radius 2 is 1.43 bits per heavy atom. The van der Waals surface area contributed by atoms with Gasteiger partial charge in [0.25, 0.3) is 5.91 Å². The molecule has 1 aliphatic rings.